The number of para-hydroxylation sites is 1. The monoisotopic (exact) mass is 393 g/mol. The Labute approximate surface area is 177 Å². The number of benzene rings is 4. The van der Waals surface area contributed by atoms with Gasteiger partial charge in [-0.3, -0.25) is 4.99 Å². The van der Waals surface area contributed by atoms with Gasteiger partial charge in [-0.25, -0.2) is 0 Å². The van der Waals surface area contributed by atoms with E-state index in [9.17, 15) is 0 Å². The van der Waals surface area contributed by atoms with E-state index in [1.54, 1.807) is 0 Å². The second kappa shape index (κ2) is 10.1. The standard InChI is InChI=1S/C27H23NO2/c1-4-10-22(11-5-1)20-29-26-17-16-24(19-28-25-14-8-3-9-15-25)27(18-26)30-21-23-12-6-2-7-13-23/h1-19H,20-21H2/b28-19+. The molecule has 0 atom stereocenters. The van der Waals surface area contributed by atoms with Crippen molar-refractivity contribution < 1.29 is 9.47 Å². The molecular formula is C27H23NO2. The van der Waals surface area contributed by atoms with Crippen LogP contribution in [0.3, 0.4) is 0 Å². The van der Waals surface area contributed by atoms with Crippen molar-refractivity contribution in [1.29, 1.82) is 0 Å². The average Bonchev–Trinajstić information content (AvgIpc) is 2.82. The van der Waals surface area contributed by atoms with Crippen molar-refractivity contribution >= 4 is 11.9 Å². The highest BCUT2D eigenvalue weighted by molar-refractivity contribution is 5.85. The van der Waals surface area contributed by atoms with Gasteiger partial charge < -0.3 is 9.47 Å². The fourth-order valence-electron chi connectivity index (χ4n) is 2.97. The van der Waals surface area contributed by atoms with Gasteiger partial charge in [-0.1, -0.05) is 78.9 Å². The Morgan fingerprint density at radius 1 is 0.600 bits per heavy atom. The molecule has 3 heteroatoms. The van der Waals surface area contributed by atoms with E-state index in [4.69, 9.17) is 9.47 Å². The van der Waals surface area contributed by atoms with Crippen LogP contribution in [0.25, 0.3) is 0 Å². The number of nitrogens with zero attached hydrogens (tertiary/aromatic N) is 1. The Morgan fingerprint density at radius 3 is 1.80 bits per heavy atom. The molecule has 0 saturated heterocycles. The minimum absolute atomic E-state index is 0.481. The van der Waals surface area contributed by atoms with Gasteiger partial charge in [-0.15, -0.1) is 0 Å². The number of rotatable bonds is 8. The molecule has 30 heavy (non-hydrogen) atoms. The van der Waals surface area contributed by atoms with E-state index >= 15 is 0 Å². The van der Waals surface area contributed by atoms with E-state index in [2.05, 4.69) is 4.99 Å². The van der Waals surface area contributed by atoms with Gasteiger partial charge in [0.25, 0.3) is 0 Å². The highest BCUT2D eigenvalue weighted by atomic mass is 16.5. The van der Waals surface area contributed by atoms with Gasteiger partial charge in [0.1, 0.15) is 24.7 Å². The van der Waals surface area contributed by atoms with Crippen molar-refractivity contribution in [3.8, 4) is 11.5 Å². The van der Waals surface area contributed by atoms with Crippen molar-refractivity contribution in [3.05, 3.63) is 126 Å². The minimum Gasteiger partial charge on any atom is -0.489 e. The lowest BCUT2D eigenvalue weighted by Crippen LogP contribution is -2.00. The van der Waals surface area contributed by atoms with Crippen LogP contribution in [0.1, 0.15) is 16.7 Å². The van der Waals surface area contributed by atoms with E-state index in [1.165, 1.54) is 0 Å². The van der Waals surface area contributed by atoms with Crippen LogP contribution < -0.4 is 9.47 Å². The Bertz CT molecular complexity index is 1080. The van der Waals surface area contributed by atoms with Gasteiger partial charge in [0.05, 0.1) is 5.69 Å². The molecular weight excluding hydrogens is 370 g/mol. The smallest absolute Gasteiger partial charge is 0.132 e. The second-order valence-electron chi connectivity index (χ2n) is 6.84. The first-order valence-electron chi connectivity index (χ1n) is 9.93. The second-order valence-corrected chi connectivity index (χ2v) is 6.84. The summed E-state index contributed by atoms with van der Waals surface area (Å²) in [6.07, 6.45) is 1.83. The van der Waals surface area contributed by atoms with Crippen molar-refractivity contribution in [2.45, 2.75) is 13.2 Å². The molecule has 0 aliphatic heterocycles. The molecule has 0 N–H and O–H groups in total. The molecule has 0 aromatic heterocycles. The van der Waals surface area contributed by atoms with Crippen molar-refractivity contribution in [2.24, 2.45) is 4.99 Å². The number of aliphatic imine (C=N–C) groups is 1. The first-order chi connectivity index (χ1) is 14.9. The summed E-state index contributed by atoms with van der Waals surface area (Å²) in [4.78, 5) is 4.57. The summed E-state index contributed by atoms with van der Waals surface area (Å²) in [7, 11) is 0. The van der Waals surface area contributed by atoms with Crippen molar-refractivity contribution in [2.75, 3.05) is 0 Å². The summed E-state index contributed by atoms with van der Waals surface area (Å²) in [5.74, 6) is 1.50. The zero-order chi connectivity index (χ0) is 20.4. The quantitative estimate of drug-likeness (QED) is 0.316. The molecule has 0 heterocycles. The van der Waals surface area contributed by atoms with Crippen molar-refractivity contribution in [3.63, 3.8) is 0 Å². The molecule has 4 aromatic rings. The van der Waals surface area contributed by atoms with Crippen LogP contribution in [0.15, 0.2) is 114 Å². The number of hydrogen-bond donors (Lipinski definition) is 0. The summed E-state index contributed by atoms with van der Waals surface area (Å²) in [5, 5.41) is 0. The fraction of sp³-hybridized carbons (Fsp3) is 0.0741. The highest BCUT2D eigenvalue weighted by Gasteiger charge is 2.06. The van der Waals surface area contributed by atoms with Gasteiger partial charge >= 0.3 is 0 Å². The maximum atomic E-state index is 6.13. The molecule has 0 fully saturated rings. The summed E-state index contributed by atoms with van der Waals surface area (Å²) < 4.78 is 12.1. The Balaban J connectivity index is 1.53. The van der Waals surface area contributed by atoms with Crippen LogP contribution in [-0.2, 0) is 13.2 Å². The Kier molecular flexibility index (Phi) is 6.54. The van der Waals surface area contributed by atoms with E-state index in [0.717, 1.165) is 33.9 Å². The molecule has 0 radical (unpaired) electrons. The predicted molar refractivity (Wildman–Crippen MR) is 122 cm³/mol. The maximum Gasteiger partial charge on any atom is 0.132 e. The minimum atomic E-state index is 0.481. The highest BCUT2D eigenvalue weighted by Crippen LogP contribution is 2.26. The first kappa shape index (κ1) is 19.5. The molecule has 148 valence electrons. The van der Waals surface area contributed by atoms with Crippen molar-refractivity contribution in [1.82, 2.24) is 0 Å². The molecule has 0 aliphatic rings. The summed E-state index contributed by atoms with van der Waals surface area (Å²) in [6, 6.07) is 36.0. The van der Waals surface area contributed by atoms with E-state index in [0.29, 0.717) is 13.2 Å². The molecule has 4 aromatic carbocycles. The normalized spacial score (nSPS) is 10.8. The molecule has 0 bridgehead atoms. The molecule has 3 nitrogen and oxygen atoms in total. The van der Waals surface area contributed by atoms with Crippen LogP contribution in [0.2, 0.25) is 0 Å². The summed E-state index contributed by atoms with van der Waals surface area (Å²) >= 11 is 0. The third-order valence-electron chi connectivity index (χ3n) is 4.58. The van der Waals surface area contributed by atoms with Crippen LogP contribution in [0.5, 0.6) is 11.5 Å². The molecule has 4 rings (SSSR count). The van der Waals surface area contributed by atoms with Gasteiger partial charge in [-0.2, -0.15) is 0 Å². The third-order valence-corrected chi connectivity index (χ3v) is 4.58. The van der Waals surface area contributed by atoms with E-state index in [-0.39, 0.29) is 0 Å². The van der Waals surface area contributed by atoms with Gasteiger partial charge in [0, 0.05) is 17.8 Å². The first-order valence-corrected chi connectivity index (χ1v) is 9.93. The molecule has 0 unspecified atom stereocenters. The van der Waals surface area contributed by atoms with Crippen LogP contribution in [-0.4, -0.2) is 6.21 Å². The van der Waals surface area contributed by atoms with Crippen LogP contribution >= 0.6 is 0 Å². The zero-order valence-electron chi connectivity index (χ0n) is 16.6. The molecule has 0 aliphatic carbocycles. The summed E-state index contributed by atoms with van der Waals surface area (Å²) in [5.41, 5.74) is 4.04. The van der Waals surface area contributed by atoms with Gasteiger partial charge in [-0.05, 0) is 35.4 Å². The lowest BCUT2D eigenvalue weighted by molar-refractivity contribution is 0.289. The topological polar surface area (TPSA) is 30.8 Å². The summed E-state index contributed by atoms with van der Waals surface area (Å²) in [6.45, 7) is 0.992. The largest absolute Gasteiger partial charge is 0.489 e. The van der Waals surface area contributed by atoms with E-state index in [1.807, 2.05) is 115 Å². The van der Waals surface area contributed by atoms with E-state index < -0.39 is 0 Å². The Hall–Kier alpha value is -3.85. The lowest BCUT2D eigenvalue weighted by atomic mass is 10.2. The van der Waals surface area contributed by atoms with Crippen LogP contribution in [0.4, 0.5) is 5.69 Å². The zero-order valence-corrected chi connectivity index (χ0v) is 16.6. The third kappa shape index (κ3) is 5.58. The predicted octanol–water partition coefficient (Wildman–Crippen LogP) is 6.60. The number of hydrogen-bond acceptors (Lipinski definition) is 3. The molecule has 0 amide bonds. The van der Waals surface area contributed by atoms with Gasteiger partial charge in [0.2, 0.25) is 0 Å². The molecule has 0 spiro atoms. The van der Waals surface area contributed by atoms with Gasteiger partial charge in [0.15, 0.2) is 0 Å². The van der Waals surface area contributed by atoms with Crippen LogP contribution in [0, 0.1) is 0 Å². The lowest BCUT2D eigenvalue weighted by Gasteiger charge is -2.12. The SMILES string of the molecule is C(=N\c1ccccc1)/c1ccc(OCc2ccccc2)cc1OCc1ccccc1. The fourth-order valence-corrected chi connectivity index (χ4v) is 2.97. The maximum absolute atomic E-state index is 6.13. The average molecular weight is 393 g/mol. The number of ether oxygens (including phenoxy) is 2. The molecule has 0 saturated carbocycles. The Morgan fingerprint density at radius 2 is 1.17 bits per heavy atom.